The molecule has 0 aliphatic rings. The van der Waals surface area contributed by atoms with E-state index in [1.807, 2.05) is 0 Å². The van der Waals surface area contributed by atoms with Gasteiger partial charge in [0.15, 0.2) is 5.82 Å². The van der Waals surface area contributed by atoms with Gasteiger partial charge in [0.05, 0.1) is 23.6 Å². The van der Waals surface area contributed by atoms with Gasteiger partial charge in [0.2, 0.25) is 0 Å². The molecule has 0 spiro atoms. The molecule has 0 radical (unpaired) electrons. The van der Waals surface area contributed by atoms with Crippen LogP contribution in [0.15, 0.2) is 36.8 Å². The maximum Gasteiger partial charge on any atom is 0.258 e. The number of carbonyl (C=O) groups excluding carboxylic acids is 1. The molecule has 86 valence electrons. The van der Waals surface area contributed by atoms with Gasteiger partial charge in [-0.2, -0.15) is 0 Å². The van der Waals surface area contributed by atoms with Crippen molar-refractivity contribution in [1.29, 1.82) is 0 Å². The van der Waals surface area contributed by atoms with Crippen molar-refractivity contribution in [3.05, 3.63) is 48.2 Å². The number of nitrogens with two attached hydrogens (primary N) is 1. The molecule has 0 atom stereocenters. The topological polar surface area (TPSA) is 80.9 Å². The van der Waals surface area contributed by atoms with Crippen molar-refractivity contribution >= 4 is 17.4 Å². The van der Waals surface area contributed by atoms with E-state index in [9.17, 15) is 9.18 Å². The molecule has 0 aliphatic carbocycles. The monoisotopic (exact) mass is 232 g/mol. The van der Waals surface area contributed by atoms with E-state index in [0.29, 0.717) is 11.5 Å². The maximum atomic E-state index is 13.2. The quantitative estimate of drug-likeness (QED) is 0.821. The number of aromatic nitrogens is 2. The summed E-state index contributed by atoms with van der Waals surface area (Å²) in [7, 11) is 0. The normalized spacial score (nSPS) is 9.94. The van der Waals surface area contributed by atoms with Crippen LogP contribution in [0.5, 0.6) is 0 Å². The Balaban J connectivity index is 2.17. The summed E-state index contributed by atoms with van der Waals surface area (Å²) in [5.41, 5.74) is 5.77. The van der Waals surface area contributed by atoms with Crippen LogP contribution in [0.3, 0.4) is 0 Å². The van der Waals surface area contributed by atoms with Crippen LogP contribution in [0.2, 0.25) is 0 Å². The molecule has 0 saturated carbocycles. The summed E-state index contributed by atoms with van der Waals surface area (Å²) in [6, 6.07) is 4.42. The molecule has 0 aromatic carbocycles. The van der Waals surface area contributed by atoms with E-state index in [1.165, 1.54) is 18.5 Å². The first-order valence-electron chi connectivity index (χ1n) is 4.79. The first-order chi connectivity index (χ1) is 8.16. The molecule has 2 aromatic heterocycles. The minimum Gasteiger partial charge on any atom is -0.384 e. The average molecular weight is 232 g/mol. The van der Waals surface area contributed by atoms with Gasteiger partial charge in [-0.3, -0.25) is 9.78 Å². The van der Waals surface area contributed by atoms with E-state index < -0.39 is 11.7 Å². The minimum absolute atomic E-state index is 0.0724. The average Bonchev–Trinajstić information content (AvgIpc) is 2.32. The zero-order chi connectivity index (χ0) is 12.3. The van der Waals surface area contributed by atoms with Gasteiger partial charge in [-0.25, -0.2) is 9.37 Å². The summed E-state index contributed by atoms with van der Waals surface area (Å²) < 4.78 is 13.2. The van der Waals surface area contributed by atoms with Crippen molar-refractivity contribution in [3.63, 3.8) is 0 Å². The fourth-order valence-corrected chi connectivity index (χ4v) is 1.24. The molecule has 3 N–H and O–H groups in total. The molecule has 2 aromatic rings. The third-order valence-electron chi connectivity index (χ3n) is 2.06. The summed E-state index contributed by atoms with van der Waals surface area (Å²) in [4.78, 5) is 19.0. The first kappa shape index (κ1) is 11.0. The highest BCUT2D eigenvalue weighted by molar-refractivity contribution is 6.04. The van der Waals surface area contributed by atoms with Crippen LogP contribution in [0.25, 0.3) is 0 Å². The number of amides is 1. The standard InChI is InChI=1S/C11H9FN4O/c12-9-6-14-4-3-8(9)11(17)16-7-1-2-10(13)15-5-7/h1-6H,(H2,13,15)(H,16,17). The number of hydrogen-bond donors (Lipinski definition) is 2. The summed E-state index contributed by atoms with van der Waals surface area (Å²) >= 11 is 0. The SMILES string of the molecule is Nc1ccc(NC(=O)c2ccncc2F)cn1. The molecule has 0 unspecified atom stereocenters. The molecule has 1 amide bonds. The molecule has 17 heavy (non-hydrogen) atoms. The van der Waals surface area contributed by atoms with Gasteiger partial charge in [-0.15, -0.1) is 0 Å². The molecular formula is C11H9FN4O. The molecule has 0 fully saturated rings. The molecular weight excluding hydrogens is 223 g/mol. The lowest BCUT2D eigenvalue weighted by Gasteiger charge is -2.05. The second-order valence-electron chi connectivity index (χ2n) is 3.28. The highest BCUT2D eigenvalue weighted by atomic mass is 19.1. The number of rotatable bonds is 2. The van der Waals surface area contributed by atoms with E-state index >= 15 is 0 Å². The van der Waals surface area contributed by atoms with Crippen LogP contribution < -0.4 is 11.1 Å². The molecule has 0 aliphatic heterocycles. The number of halogens is 1. The fourth-order valence-electron chi connectivity index (χ4n) is 1.24. The number of nitrogen functional groups attached to an aromatic ring is 1. The van der Waals surface area contributed by atoms with Crippen molar-refractivity contribution < 1.29 is 9.18 Å². The van der Waals surface area contributed by atoms with E-state index in [-0.39, 0.29) is 5.56 Å². The number of nitrogens with zero attached hydrogens (tertiary/aromatic N) is 2. The number of hydrogen-bond acceptors (Lipinski definition) is 4. The van der Waals surface area contributed by atoms with Gasteiger partial charge in [0, 0.05) is 6.20 Å². The van der Waals surface area contributed by atoms with E-state index in [1.54, 1.807) is 12.1 Å². The van der Waals surface area contributed by atoms with Crippen molar-refractivity contribution in [2.24, 2.45) is 0 Å². The zero-order valence-corrected chi connectivity index (χ0v) is 8.72. The summed E-state index contributed by atoms with van der Waals surface area (Å²) in [6.07, 6.45) is 3.72. The second kappa shape index (κ2) is 4.56. The smallest absolute Gasteiger partial charge is 0.258 e. The minimum atomic E-state index is -0.673. The second-order valence-corrected chi connectivity index (χ2v) is 3.28. The first-order valence-corrected chi connectivity index (χ1v) is 4.79. The molecule has 2 rings (SSSR count). The van der Waals surface area contributed by atoms with Crippen molar-refractivity contribution in [3.8, 4) is 0 Å². The highest BCUT2D eigenvalue weighted by Crippen LogP contribution is 2.11. The predicted molar refractivity (Wildman–Crippen MR) is 60.8 cm³/mol. The van der Waals surface area contributed by atoms with Gasteiger partial charge in [0.25, 0.3) is 5.91 Å². The molecule has 6 heteroatoms. The Bertz CT molecular complexity index is 541. The lowest BCUT2D eigenvalue weighted by molar-refractivity contribution is 0.102. The number of carbonyl (C=O) groups is 1. The predicted octanol–water partition coefficient (Wildman–Crippen LogP) is 1.45. The maximum absolute atomic E-state index is 13.2. The Labute approximate surface area is 96.5 Å². The van der Waals surface area contributed by atoms with E-state index in [4.69, 9.17) is 5.73 Å². The van der Waals surface area contributed by atoms with Gasteiger partial charge >= 0.3 is 0 Å². The van der Waals surface area contributed by atoms with Gasteiger partial charge in [-0.1, -0.05) is 0 Å². The highest BCUT2D eigenvalue weighted by Gasteiger charge is 2.11. The van der Waals surface area contributed by atoms with Crippen molar-refractivity contribution in [2.75, 3.05) is 11.1 Å². The summed E-state index contributed by atoms with van der Waals surface area (Å²) in [5, 5.41) is 2.50. The Morgan fingerprint density at radius 2 is 2.12 bits per heavy atom. The van der Waals surface area contributed by atoms with Crippen molar-refractivity contribution in [2.45, 2.75) is 0 Å². The molecule has 0 saturated heterocycles. The number of anilines is 2. The van der Waals surface area contributed by atoms with Crippen molar-refractivity contribution in [1.82, 2.24) is 9.97 Å². The van der Waals surface area contributed by atoms with Crippen LogP contribution in [0, 0.1) is 5.82 Å². The molecule has 0 bridgehead atoms. The Hall–Kier alpha value is -2.50. The van der Waals surface area contributed by atoms with Crippen LogP contribution in [0.4, 0.5) is 15.9 Å². The number of pyridine rings is 2. The lowest BCUT2D eigenvalue weighted by atomic mass is 10.2. The van der Waals surface area contributed by atoms with Gasteiger partial charge in [0.1, 0.15) is 5.82 Å². The third kappa shape index (κ3) is 2.54. The summed E-state index contributed by atoms with van der Waals surface area (Å²) in [6.45, 7) is 0. The fraction of sp³-hybridized carbons (Fsp3) is 0. The zero-order valence-electron chi connectivity index (χ0n) is 8.72. The lowest BCUT2D eigenvalue weighted by Crippen LogP contribution is -2.14. The van der Waals surface area contributed by atoms with Crippen LogP contribution >= 0.6 is 0 Å². The van der Waals surface area contributed by atoms with Gasteiger partial charge < -0.3 is 11.1 Å². The van der Waals surface area contributed by atoms with Crippen LogP contribution in [-0.4, -0.2) is 15.9 Å². The third-order valence-corrected chi connectivity index (χ3v) is 2.06. The molecule has 2 heterocycles. The summed E-state index contributed by atoms with van der Waals surface area (Å²) in [5.74, 6) is -0.886. The number of nitrogens with one attached hydrogen (secondary N) is 1. The van der Waals surface area contributed by atoms with Gasteiger partial charge in [-0.05, 0) is 18.2 Å². The Morgan fingerprint density at radius 1 is 1.29 bits per heavy atom. The van der Waals surface area contributed by atoms with Crippen LogP contribution in [-0.2, 0) is 0 Å². The van der Waals surface area contributed by atoms with Crippen LogP contribution in [0.1, 0.15) is 10.4 Å². The Kier molecular flexibility index (Phi) is 2.95. The Morgan fingerprint density at radius 3 is 2.76 bits per heavy atom. The largest absolute Gasteiger partial charge is 0.384 e. The van der Waals surface area contributed by atoms with E-state index in [2.05, 4.69) is 15.3 Å². The molecule has 5 nitrogen and oxygen atoms in total. The van der Waals surface area contributed by atoms with E-state index in [0.717, 1.165) is 6.20 Å².